The minimum atomic E-state index is -3.74. The Bertz CT molecular complexity index is 1680. The van der Waals surface area contributed by atoms with Crippen molar-refractivity contribution in [3.05, 3.63) is 82.9 Å². The number of morpholine rings is 1. The van der Waals surface area contributed by atoms with Gasteiger partial charge in [-0.3, -0.25) is 18.9 Å². The van der Waals surface area contributed by atoms with Crippen molar-refractivity contribution in [2.45, 2.75) is 31.6 Å². The van der Waals surface area contributed by atoms with E-state index >= 15 is 0 Å². The van der Waals surface area contributed by atoms with E-state index in [0.717, 1.165) is 71.9 Å². The van der Waals surface area contributed by atoms with E-state index in [1.165, 1.54) is 15.6 Å². The molecule has 4 aromatic rings. The molecule has 1 fully saturated rings. The summed E-state index contributed by atoms with van der Waals surface area (Å²) in [6.45, 7) is 9.17. The van der Waals surface area contributed by atoms with Gasteiger partial charge in [-0.2, -0.15) is 0 Å². The summed E-state index contributed by atoms with van der Waals surface area (Å²) >= 11 is 1.51. The zero-order chi connectivity index (χ0) is 28.6. The van der Waals surface area contributed by atoms with Gasteiger partial charge in [0.2, 0.25) is 0 Å². The lowest BCUT2D eigenvalue weighted by Gasteiger charge is -2.27. The number of carbonyl (C=O) groups excluding carboxylic acids is 1. The normalized spacial score (nSPS) is 15.8. The predicted octanol–water partition coefficient (Wildman–Crippen LogP) is 5.03. The molecule has 1 saturated heterocycles. The number of hydrogen-bond acceptors (Lipinski definition) is 7. The van der Waals surface area contributed by atoms with Crippen LogP contribution in [0.5, 0.6) is 0 Å². The maximum Gasteiger partial charge on any atom is 0.264 e. The third kappa shape index (κ3) is 5.49. The standard InChI is InChI=1S/C31H34N4O4S2/c1-22-8-13-28-29(23(22)2)32-31(40-28)34(16-5-15-33-18-20-39-21-19-33)30(36)25-9-11-26(12-10-25)41(37,38)35-17-14-24-6-3-4-7-27(24)35/h3-4,6-13H,5,14-21H2,1-2H3. The second-order valence-electron chi connectivity index (χ2n) is 10.6. The van der Waals surface area contributed by atoms with E-state index in [4.69, 9.17) is 9.72 Å². The summed E-state index contributed by atoms with van der Waals surface area (Å²) in [5, 5.41) is 0.658. The molecule has 6 rings (SSSR count). The van der Waals surface area contributed by atoms with Crippen molar-refractivity contribution in [3.63, 3.8) is 0 Å². The fourth-order valence-corrected chi connectivity index (χ4v) is 8.05. The number of carbonyl (C=O) groups is 1. The number of rotatable bonds is 8. The lowest BCUT2D eigenvalue weighted by Crippen LogP contribution is -2.39. The first-order chi connectivity index (χ1) is 19.8. The number of amides is 1. The topological polar surface area (TPSA) is 83.0 Å². The maximum atomic E-state index is 13.9. The molecule has 0 bridgehead atoms. The number of fused-ring (bicyclic) bond motifs is 2. The number of aromatic nitrogens is 1. The number of aryl methyl sites for hydroxylation is 2. The Hall–Kier alpha value is -3.31. The van der Waals surface area contributed by atoms with E-state index in [2.05, 4.69) is 30.9 Å². The number of benzene rings is 3. The summed E-state index contributed by atoms with van der Waals surface area (Å²) in [5.74, 6) is -0.184. The van der Waals surface area contributed by atoms with Gasteiger partial charge in [0.15, 0.2) is 5.13 Å². The molecule has 10 heteroatoms. The van der Waals surface area contributed by atoms with Crippen molar-refractivity contribution in [3.8, 4) is 0 Å². The van der Waals surface area contributed by atoms with Gasteiger partial charge in [0, 0.05) is 38.3 Å². The molecule has 0 radical (unpaired) electrons. The van der Waals surface area contributed by atoms with Gasteiger partial charge in [-0.15, -0.1) is 0 Å². The lowest BCUT2D eigenvalue weighted by atomic mass is 10.1. The van der Waals surface area contributed by atoms with Crippen LogP contribution in [-0.2, 0) is 21.2 Å². The summed E-state index contributed by atoms with van der Waals surface area (Å²) in [4.78, 5) is 23.1. The number of hydrogen-bond donors (Lipinski definition) is 0. The lowest BCUT2D eigenvalue weighted by molar-refractivity contribution is 0.0376. The summed E-state index contributed by atoms with van der Waals surface area (Å²) in [5.41, 5.74) is 5.38. The molecule has 3 aromatic carbocycles. The quantitative estimate of drug-likeness (QED) is 0.286. The summed E-state index contributed by atoms with van der Waals surface area (Å²) in [6, 6.07) is 18.1. The third-order valence-electron chi connectivity index (χ3n) is 8.04. The average molecular weight is 591 g/mol. The number of ether oxygens (including phenoxy) is 1. The minimum absolute atomic E-state index is 0.177. The summed E-state index contributed by atoms with van der Waals surface area (Å²) in [6.07, 6.45) is 1.48. The fraction of sp³-hybridized carbons (Fsp3) is 0.355. The molecular formula is C31H34N4O4S2. The van der Waals surface area contributed by atoms with E-state index in [-0.39, 0.29) is 10.8 Å². The number of nitrogens with zero attached hydrogens (tertiary/aromatic N) is 4. The summed E-state index contributed by atoms with van der Waals surface area (Å²) in [7, 11) is -3.74. The van der Waals surface area contributed by atoms with E-state index < -0.39 is 10.0 Å². The molecule has 41 heavy (non-hydrogen) atoms. The van der Waals surface area contributed by atoms with Crippen LogP contribution in [0.2, 0.25) is 0 Å². The molecule has 0 N–H and O–H groups in total. The molecule has 8 nitrogen and oxygen atoms in total. The highest BCUT2D eigenvalue weighted by molar-refractivity contribution is 7.92. The smallest absolute Gasteiger partial charge is 0.264 e. The van der Waals surface area contributed by atoms with Crippen LogP contribution in [-0.4, -0.2) is 70.1 Å². The molecule has 0 saturated carbocycles. The Balaban J connectivity index is 1.26. The van der Waals surface area contributed by atoms with Crippen molar-refractivity contribution >= 4 is 48.3 Å². The highest BCUT2D eigenvalue weighted by Gasteiger charge is 2.31. The van der Waals surface area contributed by atoms with Crippen LogP contribution in [0, 0.1) is 13.8 Å². The zero-order valence-corrected chi connectivity index (χ0v) is 25.0. The van der Waals surface area contributed by atoms with Crippen molar-refractivity contribution in [1.29, 1.82) is 0 Å². The first-order valence-corrected chi connectivity index (χ1v) is 16.3. The maximum absolute atomic E-state index is 13.9. The fourth-order valence-electron chi connectivity index (χ4n) is 5.50. The molecular weight excluding hydrogens is 556 g/mol. The van der Waals surface area contributed by atoms with E-state index in [1.807, 2.05) is 24.3 Å². The average Bonchev–Trinajstić information content (AvgIpc) is 3.63. The molecule has 3 heterocycles. The Morgan fingerprint density at radius 1 is 1.00 bits per heavy atom. The Morgan fingerprint density at radius 2 is 1.76 bits per heavy atom. The molecule has 1 amide bonds. The van der Waals surface area contributed by atoms with Gasteiger partial charge in [0.1, 0.15) is 0 Å². The van der Waals surface area contributed by atoms with Gasteiger partial charge in [0.25, 0.3) is 15.9 Å². The molecule has 2 aliphatic heterocycles. The van der Waals surface area contributed by atoms with Crippen LogP contribution >= 0.6 is 11.3 Å². The van der Waals surface area contributed by atoms with Crippen LogP contribution in [0.3, 0.4) is 0 Å². The van der Waals surface area contributed by atoms with Gasteiger partial charge in [-0.1, -0.05) is 35.6 Å². The van der Waals surface area contributed by atoms with Gasteiger partial charge in [-0.05, 0) is 79.8 Å². The summed E-state index contributed by atoms with van der Waals surface area (Å²) < 4.78 is 35.0. The van der Waals surface area contributed by atoms with Crippen LogP contribution in [0.1, 0.15) is 33.5 Å². The van der Waals surface area contributed by atoms with E-state index in [1.54, 1.807) is 29.2 Å². The van der Waals surface area contributed by atoms with E-state index in [0.29, 0.717) is 30.2 Å². The van der Waals surface area contributed by atoms with Crippen molar-refractivity contribution in [2.24, 2.45) is 0 Å². The van der Waals surface area contributed by atoms with Crippen LogP contribution in [0.25, 0.3) is 10.2 Å². The van der Waals surface area contributed by atoms with Crippen LogP contribution in [0.4, 0.5) is 10.8 Å². The van der Waals surface area contributed by atoms with Gasteiger partial charge in [-0.25, -0.2) is 13.4 Å². The third-order valence-corrected chi connectivity index (χ3v) is 10.9. The van der Waals surface area contributed by atoms with Gasteiger partial charge < -0.3 is 4.74 Å². The predicted molar refractivity (Wildman–Crippen MR) is 164 cm³/mol. The van der Waals surface area contributed by atoms with Crippen molar-refractivity contribution in [1.82, 2.24) is 9.88 Å². The Kier molecular flexibility index (Phi) is 7.82. The molecule has 2 aliphatic rings. The zero-order valence-electron chi connectivity index (χ0n) is 23.4. The monoisotopic (exact) mass is 590 g/mol. The second kappa shape index (κ2) is 11.5. The van der Waals surface area contributed by atoms with Gasteiger partial charge >= 0.3 is 0 Å². The first-order valence-electron chi connectivity index (χ1n) is 14.0. The largest absolute Gasteiger partial charge is 0.379 e. The second-order valence-corrected chi connectivity index (χ2v) is 13.5. The number of thiazole rings is 1. The molecule has 0 atom stereocenters. The SMILES string of the molecule is Cc1ccc2sc(N(CCCN3CCOCC3)C(=O)c3ccc(S(=O)(=O)N4CCc5ccccc54)cc3)nc2c1C. The number of para-hydroxylation sites is 1. The minimum Gasteiger partial charge on any atom is -0.379 e. The first kappa shape index (κ1) is 27.8. The number of anilines is 2. The Morgan fingerprint density at radius 3 is 2.54 bits per heavy atom. The van der Waals surface area contributed by atoms with Crippen molar-refractivity contribution < 1.29 is 17.9 Å². The molecule has 0 unspecified atom stereocenters. The Labute approximate surface area is 245 Å². The molecule has 214 valence electrons. The highest BCUT2D eigenvalue weighted by Crippen LogP contribution is 2.34. The van der Waals surface area contributed by atoms with E-state index in [9.17, 15) is 13.2 Å². The van der Waals surface area contributed by atoms with Crippen LogP contribution < -0.4 is 9.21 Å². The van der Waals surface area contributed by atoms with Gasteiger partial charge in [0.05, 0.1) is 34.0 Å². The molecule has 0 aliphatic carbocycles. The molecule has 1 aromatic heterocycles. The van der Waals surface area contributed by atoms with Crippen LogP contribution in [0.15, 0.2) is 65.6 Å². The van der Waals surface area contributed by atoms with Crippen molar-refractivity contribution in [2.75, 3.05) is 55.1 Å². The number of sulfonamides is 1. The molecule has 0 spiro atoms. The highest BCUT2D eigenvalue weighted by atomic mass is 32.2.